The van der Waals surface area contributed by atoms with Gasteiger partial charge in [-0.05, 0) is 54.0 Å². The first-order valence-electron chi connectivity index (χ1n) is 11.4. The Kier molecular flexibility index (Phi) is 6.98. The largest absolute Gasteiger partial charge is 0.326 e. The van der Waals surface area contributed by atoms with E-state index in [9.17, 15) is 4.79 Å². The average molecular weight is 447 g/mol. The number of rotatable bonds is 8. The van der Waals surface area contributed by atoms with E-state index in [1.807, 2.05) is 71.6 Å². The summed E-state index contributed by atoms with van der Waals surface area (Å²) >= 11 is 6.37. The Hall–Kier alpha value is -2.62. The maximum absolute atomic E-state index is 13.6. The van der Waals surface area contributed by atoms with E-state index in [1.165, 1.54) is 5.56 Å². The lowest BCUT2D eigenvalue weighted by Gasteiger charge is -2.27. The van der Waals surface area contributed by atoms with Gasteiger partial charge in [0.25, 0.3) is 0 Å². The molecule has 3 nitrogen and oxygen atoms in total. The van der Waals surface area contributed by atoms with Crippen LogP contribution in [0.5, 0.6) is 0 Å². The molecule has 1 amide bonds. The fraction of sp³-hybridized carbons (Fsp3) is 0.321. The smallest absolute Gasteiger partial charge is 0.230 e. The third-order valence-electron chi connectivity index (χ3n) is 6.16. The van der Waals surface area contributed by atoms with Gasteiger partial charge in [-0.15, -0.1) is 0 Å². The van der Waals surface area contributed by atoms with Gasteiger partial charge in [-0.3, -0.25) is 4.79 Å². The van der Waals surface area contributed by atoms with Crippen molar-refractivity contribution in [1.29, 1.82) is 0 Å². The Morgan fingerprint density at radius 2 is 1.66 bits per heavy atom. The fourth-order valence-electron chi connectivity index (χ4n) is 4.49. The quantitative estimate of drug-likeness (QED) is 0.428. The van der Waals surface area contributed by atoms with Crippen molar-refractivity contribution >= 4 is 23.2 Å². The van der Waals surface area contributed by atoms with Gasteiger partial charge < -0.3 is 10.6 Å². The average Bonchev–Trinajstić information content (AvgIpc) is 3.59. The van der Waals surface area contributed by atoms with Gasteiger partial charge in [0.1, 0.15) is 0 Å². The minimum Gasteiger partial charge on any atom is -0.326 e. The lowest BCUT2D eigenvalue weighted by atomic mass is 10.0. The number of nitrogens with two attached hydrogens (primary N) is 1. The summed E-state index contributed by atoms with van der Waals surface area (Å²) in [6.07, 6.45) is 1.78. The van der Waals surface area contributed by atoms with E-state index >= 15 is 0 Å². The number of anilines is 1. The van der Waals surface area contributed by atoms with Crippen LogP contribution in [0.3, 0.4) is 0 Å². The highest BCUT2D eigenvalue weighted by atomic mass is 35.5. The van der Waals surface area contributed by atoms with Crippen LogP contribution in [-0.2, 0) is 4.79 Å². The topological polar surface area (TPSA) is 46.3 Å². The van der Waals surface area contributed by atoms with Gasteiger partial charge in [-0.2, -0.15) is 0 Å². The van der Waals surface area contributed by atoms with Crippen LogP contribution < -0.4 is 10.6 Å². The van der Waals surface area contributed by atoms with E-state index < -0.39 is 0 Å². The second-order valence-electron chi connectivity index (χ2n) is 9.22. The van der Waals surface area contributed by atoms with Crippen LogP contribution in [0.15, 0.2) is 78.9 Å². The molecule has 32 heavy (non-hydrogen) atoms. The second kappa shape index (κ2) is 9.89. The molecule has 0 saturated heterocycles. The van der Waals surface area contributed by atoms with Gasteiger partial charge in [-0.25, -0.2) is 0 Å². The molecule has 0 heterocycles. The van der Waals surface area contributed by atoms with Crippen molar-refractivity contribution in [3.8, 4) is 11.1 Å². The van der Waals surface area contributed by atoms with E-state index in [0.29, 0.717) is 18.4 Å². The Morgan fingerprint density at radius 1 is 1.00 bits per heavy atom. The van der Waals surface area contributed by atoms with E-state index in [4.69, 9.17) is 17.3 Å². The summed E-state index contributed by atoms with van der Waals surface area (Å²) in [5.41, 5.74) is 10.6. The summed E-state index contributed by atoms with van der Waals surface area (Å²) < 4.78 is 0. The summed E-state index contributed by atoms with van der Waals surface area (Å²) in [5.74, 6) is 0.980. The van der Waals surface area contributed by atoms with Crippen molar-refractivity contribution in [3.63, 3.8) is 0 Å². The SMILES string of the molecule is CC(C)C[C@H](N)CN(C(=O)[C@@H]1C[C@H]1c1ccccc1)c1ccc(-c2ccccc2Cl)cc1. The molecule has 4 heteroatoms. The Labute approximate surface area is 196 Å². The zero-order chi connectivity index (χ0) is 22.7. The highest BCUT2D eigenvalue weighted by Crippen LogP contribution is 2.49. The summed E-state index contributed by atoms with van der Waals surface area (Å²) in [7, 11) is 0. The summed E-state index contributed by atoms with van der Waals surface area (Å²) in [4.78, 5) is 15.5. The van der Waals surface area contributed by atoms with Gasteiger partial charge >= 0.3 is 0 Å². The molecular formula is C28H31ClN2O. The molecule has 1 fully saturated rings. The second-order valence-corrected chi connectivity index (χ2v) is 9.63. The van der Waals surface area contributed by atoms with Crippen LogP contribution >= 0.6 is 11.6 Å². The maximum Gasteiger partial charge on any atom is 0.230 e. The van der Waals surface area contributed by atoms with Crippen LogP contribution in [0.25, 0.3) is 11.1 Å². The minimum absolute atomic E-state index is 0.0203. The molecule has 1 aliphatic rings. The third-order valence-corrected chi connectivity index (χ3v) is 6.49. The van der Waals surface area contributed by atoms with E-state index in [1.54, 1.807) is 0 Å². The molecule has 1 aliphatic carbocycles. The van der Waals surface area contributed by atoms with Crippen LogP contribution in [0.1, 0.15) is 38.2 Å². The molecule has 1 saturated carbocycles. The van der Waals surface area contributed by atoms with Crippen LogP contribution in [0, 0.1) is 11.8 Å². The molecule has 0 bridgehead atoms. The molecular weight excluding hydrogens is 416 g/mol. The van der Waals surface area contributed by atoms with E-state index in [-0.39, 0.29) is 17.9 Å². The zero-order valence-electron chi connectivity index (χ0n) is 18.7. The van der Waals surface area contributed by atoms with Gasteiger partial charge in [0, 0.05) is 34.8 Å². The van der Waals surface area contributed by atoms with Gasteiger partial charge in [-0.1, -0.05) is 86.1 Å². The number of benzene rings is 3. The van der Waals surface area contributed by atoms with Gasteiger partial charge in [0.05, 0.1) is 0 Å². The highest BCUT2D eigenvalue weighted by molar-refractivity contribution is 6.33. The zero-order valence-corrected chi connectivity index (χ0v) is 19.5. The molecule has 4 rings (SSSR count). The molecule has 0 aromatic heterocycles. The molecule has 0 spiro atoms. The van der Waals surface area contributed by atoms with Crippen molar-refractivity contribution in [2.75, 3.05) is 11.4 Å². The molecule has 0 aliphatic heterocycles. The number of hydrogen-bond donors (Lipinski definition) is 1. The van der Waals surface area contributed by atoms with Gasteiger partial charge in [0.15, 0.2) is 0 Å². The highest BCUT2D eigenvalue weighted by Gasteiger charge is 2.46. The third kappa shape index (κ3) is 5.23. The standard InChI is InChI=1S/C28H31ClN2O/c1-19(2)16-22(30)18-31(28(32)26-17-25(26)20-8-4-3-5-9-20)23-14-12-21(13-15-23)24-10-6-7-11-27(24)29/h3-15,19,22,25-26H,16-18,30H2,1-2H3/t22-,25-,26+/m0/s1. The molecule has 166 valence electrons. The number of halogens is 1. The van der Waals surface area contributed by atoms with Crippen molar-refractivity contribution in [1.82, 2.24) is 0 Å². The Morgan fingerprint density at radius 3 is 2.31 bits per heavy atom. The van der Waals surface area contributed by atoms with E-state index in [0.717, 1.165) is 34.7 Å². The van der Waals surface area contributed by atoms with Crippen molar-refractivity contribution in [3.05, 3.63) is 89.4 Å². The van der Waals surface area contributed by atoms with E-state index in [2.05, 4.69) is 26.0 Å². The number of carbonyl (C=O) groups is 1. The van der Waals surface area contributed by atoms with Crippen molar-refractivity contribution in [2.45, 2.75) is 38.6 Å². The van der Waals surface area contributed by atoms with Crippen molar-refractivity contribution < 1.29 is 4.79 Å². The maximum atomic E-state index is 13.6. The molecule has 3 atom stereocenters. The first-order valence-corrected chi connectivity index (χ1v) is 11.8. The first kappa shape index (κ1) is 22.6. The molecule has 3 aromatic carbocycles. The normalized spacial score (nSPS) is 18.4. The molecule has 2 N–H and O–H groups in total. The molecule has 0 radical (unpaired) electrons. The van der Waals surface area contributed by atoms with Crippen LogP contribution in [-0.4, -0.2) is 18.5 Å². The number of carbonyl (C=O) groups excluding carboxylic acids is 1. The Bertz CT molecular complexity index is 1050. The molecule has 0 unspecified atom stereocenters. The predicted octanol–water partition coefficient (Wildman–Crippen LogP) is 6.52. The fourth-order valence-corrected chi connectivity index (χ4v) is 4.73. The summed E-state index contributed by atoms with van der Waals surface area (Å²) in [5, 5.41) is 0.718. The minimum atomic E-state index is -0.0591. The van der Waals surface area contributed by atoms with Gasteiger partial charge in [0.2, 0.25) is 5.91 Å². The number of nitrogens with zero attached hydrogens (tertiary/aromatic N) is 1. The number of hydrogen-bond acceptors (Lipinski definition) is 2. The summed E-state index contributed by atoms with van der Waals surface area (Å²) in [6.45, 7) is 4.86. The molecule has 3 aromatic rings. The summed E-state index contributed by atoms with van der Waals surface area (Å²) in [6, 6.07) is 26.2. The Balaban J connectivity index is 1.57. The first-order chi connectivity index (χ1) is 15.4. The van der Waals surface area contributed by atoms with Crippen LogP contribution in [0.4, 0.5) is 5.69 Å². The lowest BCUT2D eigenvalue weighted by molar-refractivity contribution is -0.120. The predicted molar refractivity (Wildman–Crippen MR) is 134 cm³/mol. The monoisotopic (exact) mass is 446 g/mol. The van der Waals surface area contributed by atoms with Crippen molar-refractivity contribution in [2.24, 2.45) is 17.6 Å². The van der Waals surface area contributed by atoms with Crippen LogP contribution in [0.2, 0.25) is 5.02 Å². The number of amides is 1. The lowest BCUT2D eigenvalue weighted by Crippen LogP contribution is -2.42.